The summed E-state index contributed by atoms with van der Waals surface area (Å²) in [5, 5.41) is 20.7. The van der Waals surface area contributed by atoms with Crippen molar-refractivity contribution >= 4 is 23.2 Å². The van der Waals surface area contributed by atoms with Gasteiger partial charge in [0, 0.05) is 35.3 Å². The Morgan fingerprint density at radius 3 is 2.63 bits per heavy atom. The van der Waals surface area contributed by atoms with Gasteiger partial charge >= 0.3 is 0 Å². The van der Waals surface area contributed by atoms with E-state index in [0.29, 0.717) is 16.4 Å². The molecule has 9 heteroatoms. The fourth-order valence-corrected chi connectivity index (χ4v) is 3.59. The van der Waals surface area contributed by atoms with E-state index in [1.165, 1.54) is 19.1 Å². The van der Waals surface area contributed by atoms with Crippen LogP contribution in [0.4, 0.5) is 5.69 Å². The second kappa shape index (κ2) is 9.07. The Bertz CT molecular complexity index is 1170. The molecule has 0 saturated heterocycles. The molecule has 2 aromatic carbocycles. The minimum atomic E-state index is -0.461. The summed E-state index contributed by atoms with van der Waals surface area (Å²) in [5.41, 5.74) is 7.62. The van der Waals surface area contributed by atoms with Crippen LogP contribution < -0.4 is 5.73 Å². The third-order valence-corrected chi connectivity index (χ3v) is 5.13. The first-order valence-electron chi connectivity index (χ1n) is 8.82. The number of aromatic nitrogens is 2. The number of allylic oxidation sites excluding steroid dienone is 2. The standard InChI is InChI=1S/C21H17N5O3S/c1-14(23)18(11-22)20(27)13-30-21-24-19(12-25(21)16-7-3-2-4-8-16)15-6-5-9-17(10-15)26(28)29/h2-10,12H,13,23H2,1H3/b18-14-. The van der Waals surface area contributed by atoms with Gasteiger partial charge in [0.2, 0.25) is 0 Å². The number of non-ortho nitro benzene ring substituents is 1. The summed E-state index contributed by atoms with van der Waals surface area (Å²) in [6, 6.07) is 17.4. The summed E-state index contributed by atoms with van der Waals surface area (Å²) in [5.74, 6) is -0.405. The highest BCUT2D eigenvalue weighted by Gasteiger charge is 2.17. The van der Waals surface area contributed by atoms with E-state index in [1.807, 2.05) is 36.4 Å². The molecule has 0 spiro atoms. The van der Waals surface area contributed by atoms with Crippen LogP contribution in [0.5, 0.6) is 0 Å². The minimum absolute atomic E-state index is 0.0182. The number of para-hydroxylation sites is 1. The molecule has 0 atom stereocenters. The summed E-state index contributed by atoms with van der Waals surface area (Å²) in [4.78, 5) is 27.6. The molecule has 30 heavy (non-hydrogen) atoms. The number of nitro groups is 1. The molecular weight excluding hydrogens is 402 g/mol. The predicted octanol–water partition coefficient (Wildman–Crippen LogP) is 3.86. The molecule has 0 amide bonds. The quantitative estimate of drug-likeness (QED) is 0.202. The zero-order valence-electron chi connectivity index (χ0n) is 16.0. The Labute approximate surface area is 176 Å². The van der Waals surface area contributed by atoms with Crippen LogP contribution in [0, 0.1) is 21.4 Å². The zero-order chi connectivity index (χ0) is 21.7. The second-order valence-electron chi connectivity index (χ2n) is 6.30. The first kappa shape index (κ1) is 20.8. The van der Waals surface area contributed by atoms with Crippen molar-refractivity contribution < 1.29 is 9.72 Å². The topological polar surface area (TPSA) is 128 Å². The molecule has 1 heterocycles. The second-order valence-corrected chi connectivity index (χ2v) is 7.25. The average molecular weight is 419 g/mol. The Hall–Kier alpha value is -3.90. The van der Waals surface area contributed by atoms with E-state index < -0.39 is 4.92 Å². The number of carbonyl (C=O) groups excluding carboxylic acids is 1. The summed E-state index contributed by atoms with van der Waals surface area (Å²) in [7, 11) is 0. The van der Waals surface area contributed by atoms with Crippen LogP contribution in [0.15, 0.2) is 77.2 Å². The van der Waals surface area contributed by atoms with E-state index >= 15 is 0 Å². The van der Waals surface area contributed by atoms with Crippen molar-refractivity contribution in [1.82, 2.24) is 9.55 Å². The molecule has 3 aromatic rings. The summed E-state index contributed by atoms with van der Waals surface area (Å²) in [6.07, 6.45) is 1.76. The number of nitriles is 1. The van der Waals surface area contributed by atoms with Gasteiger partial charge in [0.1, 0.15) is 11.6 Å². The van der Waals surface area contributed by atoms with Gasteiger partial charge in [0.15, 0.2) is 10.9 Å². The van der Waals surface area contributed by atoms with Gasteiger partial charge in [-0.3, -0.25) is 19.5 Å². The molecule has 8 nitrogen and oxygen atoms in total. The highest BCUT2D eigenvalue weighted by atomic mass is 32.2. The van der Waals surface area contributed by atoms with Crippen molar-refractivity contribution in [2.75, 3.05) is 5.75 Å². The number of benzene rings is 2. The van der Waals surface area contributed by atoms with Crippen molar-refractivity contribution in [2.24, 2.45) is 5.73 Å². The maximum atomic E-state index is 12.3. The van der Waals surface area contributed by atoms with E-state index in [1.54, 1.807) is 22.9 Å². The maximum Gasteiger partial charge on any atom is 0.270 e. The van der Waals surface area contributed by atoms with Crippen LogP contribution in [0.3, 0.4) is 0 Å². The molecule has 3 rings (SSSR count). The van der Waals surface area contributed by atoms with Gasteiger partial charge in [0.05, 0.1) is 16.4 Å². The number of Topliss-reactive ketones (excluding diaryl/α,β-unsaturated/α-hetero) is 1. The van der Waals surface area contributed by atoms with Gasteiger partial charge < -0.3 is 5.73 Å². The van der Waals surface area contributed by atoms with Crippen LogP contribution in [0.1, 0.15) is 6.92 Å². The van der Waals surface area contributed by atoms with Gasteiger partial charge in [0.25, 0.3) is 5.69 Å². The molecule has 1 aromatic heterocycles. The van der Waals surface area contributed by atoms with Crippen molar-refractivity contribution in [1.29, 1.82) is 5.26 Å². The zero-order valence-corrected chi connectivity index (χ0v) is 16.8. The van der Waals surface area contributed by atoms with E-state index in [0.717, 1.165) is 17.4 Å². The first-order chi connectivity index (χ1) is 14.4. The van der Waals surface area contributed by atoms with Gasteiger partial charge in [-0.2, -0.15) is 5.26 Å². The Morgan fingerprint density at radius 1 is 1.27 bits per heavy atom. The van der Waals surface area contributed by atoms with Crippen molar-refractivity contribution in [3.8, 4) is 23.0 Å². The number of hydrogen-bond acceptors (Lipinski definition) is 7. The molecule has 0 aliphatic rings. The number of imidazole rings is 1. The maximum absolute atomic E-state index is 12.3. The lowest BCUT2D eigenvalue weighted by Crippen LogP contribution is -2.10. The first-order valence-corrected chi connectivity index (χ1v) is 9.81. The number of carbonyl (C=O) groups is 1. The lowest BCUT2D eigenvalue weighted by atomic mass is 10.1. The van der Waals surface area contributed by atoms with E-state index in [4.69, 9.17) is 11.0 Å². The van der Waals surface area contributed by atoms with Crippen LogP contribution in [-0.2, 0) is 4.79 Å². The van der Waals surface area contributed by atoms with Crippen LogP contribution >= 0.6 is 11.8 Å². The monoisotopic (exact) mass is 419 g/mol. The Kier molecular flexibility index (Phi) is 6.29. The molecule has 0 fully saturated rings. The Morgan fingerprint density at radius 2 is 2.00 bits per heavy atom. The van der Waals surface area contributed by atoms with Crippen LogP contribution in [-0.4, -0.2) is 26.0 Å². The smallest absolute Gasteiger partial charge is 0.270 e. The largest absolute Gasteiger partial charge is 0.401 e. The number of ketones is 1. The number of nitro benzene ring substituents is 1. The lowest BCUT2D eigenvalue weighted by molar-refractivity contribution is -0.384. The van der Waals surface area contributed by atoms with Gasteiger partial charge in [-0.15, -0.1) is 0 Å². The Balaban J connectivity index is 1.99. The highest BCUT2D eigenvalue weighted by molar-refractivity contribution is 7.99. The molecule has 2 N–H and O–H groups in total. The molecule has 0 saturated carbocycles. The number of nitrogens with two attached hydrogens (primary N) is 1. The molecule has 0 bridgehead atoms. The van der Waals surface area contributed by atoms with Crippen LogP contribution in [0.2, 0.25) is 0 Å². The van der Waals surface area contributed by atoms with E-state index in [9.17, 15) is 14.9 Å². The van der Waals surface area contributed by atoms with Gasteiger partial charge in [-0.1, -0.05) is 42.1 Å². The fourth-order valence-electron chi connectivity index (χ4n) is 2.73. The molecule has 0 aliphatic carbocycles. The third kappa shape index (κ3) is 4.56. The summed E-state index contributed by atoms with van der Waals surface area (Å²) in [6.45, 7) is 1.51. The molecule has 0 aliphatic heterocycles. The molecule has 150 valence electrons. The number of nitrogens with zero attached hydrogens (tertiary/aromatic N) is 4. The number of thioether (sulfide) groups is 1. The normalized spacial score (nSPS) is 11.5. The third-order valence-electron chi connectivity index (χ3n) is 4.18. The van der Waals surface area contributed by atoms with E-state index in [2.05, 4.69) is 4.98 Å². The van der Waals surface area contributed by atoms with Crippen molar-refractivity contribution in [3.63, 3.8) is 0 Å². The van der Waals surface area contributed by atoms with Gasteiger partial charge in [-0.25, -0.2) is 4.98 Å². The summed E-state index contributed by atoms with van der Waals surface area (Å²) < 4.78 is 1.80. The average Bonchev–Trinajstić information content (AvgIpc) is 3.17. The molecule has 0 radical (unpaired) electrons. The molecule has 0 unspecified atom stereocenters. The fraction of sp³-hybridized carbons (Fsp3) is 0.0952. The number of rotatable bonds is 7. The van der Waals surface area contributed by atoms with E-state index in [-0.39, 0.29) is 28.5 Å². The summed E-state index contributed by atoms with van der Waals surface area (Å²) >= 11 is 1.16. The highest BCUT2D eigenvalue weighted by Crippen LogP contribution is 2.29. The SMILES string of the molecule is C/C(N)=C(\C#N)C(=O)CSc1nc(-c2cccc([N+](=O)[O-])c2)cn1-c1ccccc1. The van der Waals surface area contributed by atoms with Gasteiger partial charge in [-0.05, 0) is 19.1 Å². The van der Waals surface area contributed by atoms with Crippen LogP contribution in [0.25, 0.3) is 16.9 Å². The van der Waals surface area contributed by atoms with Crippen molar-refractivity contribution in [2.45, 2.75) is 12.1 Å². The minimum Gasteiger partial charge on any atom is -0.401 e. The number of hydrogen-bond donors (Lipinski definition) is 1. The van der Waals surface area contributed by atoms with Crippen molar-refractivity contribution in [3.05, 3.63) is 82.2 Å². The predicted molar refractivity (Wildman–Crippen MR) is 114 cm³/mol. The molecular formula is C21H17N5O3S. The lowest BCUT2D eigenvalue weighted by Gasteiger charge is -2.06.